The predicted octanol–water partition coefficient (Wildman–Crippen LogP) is 2.01. The van der Waals surface area contributed by atoms with Crippen molar-refractivity contribution in [3.05, 3.63) is 23.7 Å². The molecule has 138 valence electrons. The Labute approximate surface area is 149 Å². The summed E-state index contributed by atoms with van der Waals surface area (Å²) in [6.07, 6.45) is 3.52. The first kappa shape index (κ1) is 18.0. The van der Waals surface area contributed by atoms with E-state index in [4.69, 9.17) is 9.15 Å². The van der Waals surface area contributed by atoms with E-state index in [2.05, 4.69) is 0 Å². The highest BCUT2D eigenvalue weighted by Crippen LogP contribution is 2.31. The van der Waals surface area contributed by atoms with Crippen LogP contribution in [0.25, 0.3) is 0 Å². The fourth-order valence-corrected chi connectivity index (χ4v) is 4.07. The quantitative estimate of drug-likeness (QED) is 0.789. The second-order valence-corrected chi connectivity index (χ2v) is 7.09. The lowest BCUT2D eigenvalue weighted by atomic mass is 9.83. The number of carbonyl (C=O) groups excluding carboxylic acids is 2. The highest BCUT2D eigenvalue weighted by atomic mass is 16.5. The summed E-state index contributed by atoms with van der Waals surface area (Å²) in [5.41, 5.74) is 0. The van der Waals surface area contributed by atoms with E-state index >= 15 is 0 Å². The van der Waals surface area contributed by atoms with Crippen LogP contribution in [0.5, 0.6) is 0 Å². The van der Waals surface area contributed by atoms with E-state index in [1.807, 2.05) is 28.9 Å². The van der Waals surface area contributed by atoms with Crippen LogP contribution < -0.4 is 0 Å². The van der Waals surface area contributed by atoms with Gasteiger partial charge >= 0.3 is 0 Å². The van der Waals surface area contributed by atoms with Gasteiger partial charge in [0.2, 0.25) is 11.8 Å². The molecule has 0 saturated carbocycles. The molecular weight excluding hydrogens is 320 g/mol. The molecule has 6 nitrogen and oxygen atoms in total. The van der Waals surface area contributed by atoms with Gasteiger partial charge in [-0.25, -0.2) is 0 Å². The molecule has 2 aliphatic heterocycles. The zero-order valence-electron chi connectivity index (χ0n) is 15.2. The van der Waals surface area contributed by atoms with Gasteiger partial charge in [-0.15, -0.1) is 0 Å². The van der Waals surface area contributed by atoms with Gasteiger partial charge in [-0.2, -0.15) is 0 Å². The van der Waals surface area contributed by atoms with Crippen molar-refractivity contribution in [3.63, 3.8) is 0 Å². The molecule has 0 bridgehead atoms. The molecule has 2 saturated heterocycles. The SMILES string of the molecule is COCCC(=O)N1CC[C@@H]2[C@@H](CCC(=O)N2CCc2ccc(C)o2)C1. The summed E-state index contributed by atoms with van der Waals surface area (Å²) >= 11 is 0. The van der Waals surface area contributed by atoms with Crippen LogP contribution in [0.2, 0.25) is 0 Å². The molecule has 3 heterocycles. The topological polar surface area (TPSA) is 63.0 Å². The number of nitrogens with zero attached hydrogens (tertiary/aromatic N) is 2. The normalized spacial score (nSPS) is 23.7. The maximum atomic E-state index is 12.4. The Morgan fingerprint density at radius 2 is 2.20 bits per heavy atom. The van der Waals surface area contributed by atoms with E-state index in [0.29, 0.717) is 31.9 Å². The van der Waals surface area contributed by atoms with Gasteiger partial charge in [0.15, 0.2) is 0 Å². The molecule has 0 aromatic carbocycles. The number of fused-ring (bicyclic) bond motifs is 1. The molecule has 6 heteroatoms. The number of aryl methyl sites for hydroxylation is 1. The smallest absolute Gasteiger partial charge is 0.224 e. The number of hydrogen-bond donors (Lipinski definition) is 0. The number of piperidine rings is 2. The van der Waals surface area contributed by atoms with Crippen LogP contribution in [-0.4, -0.2) is 61.0 Å². The third kappa shape index (κ3) is 4.24. The van der Waals surface area contributed by atoms with Crippen molar-refractivity contribution in [3.8, 4) is 0 Å². The highest BCUT2D eigenvalue weighted by Gasteiger charge is 2.40. The fourth-order valence-electron chi connectivity index (χ4n) is 4.07. The lowest BCUT2D eigenvalue weighted by Crippen LogP contribution is -2.57. The van der Waals surface area contributed by atoms with Crippen molar-refractivity contribution in [1.29, 1.82) is 0 Å². The molecule has 25 heavy (non-hydrogen) atoms. The molecule has 0 N–H and O–H groups in total. The second-order valence-electron chi connectivity index (χ2n) is 7.09. The fraction of sp³-hybridized carbons (Fsp3) is 0.684. The third-order valence-corrected chi connectivity index (χ3v) is 5.41. The average Bonchev–Trinajstić information content (AvgIpc) is 3.03. The monoisotopic (exact) mass is 348 g/mol. The summed E-state index contributed by atoms with van der Waals surface area (Å²) in [6.45, 7) is 4.59. The van der Waals surface area contributed by atoms with Gasteiger partial charge in [0.1, 0.15) is 11.5 Å². The van der Waals surface area contributed by atoms with Crippen LogP contribution >= 0.6 is 0 Å². The Kier molecular flexibility index (Phi) is 5.78. The Balaban J connectivity index is 1.58. The number of hydrogen-bond acceptors (Lipinski definition) is 4. The molecule has 3 rings (SSSR count). The van der Waals surface area contributed by atoms with E-state index in [9.17, 15) is 9.59 Å². The predicted molar refractivity (Wildman–Crippen MR) is 93.1 cm³/mol. The van der Waals surface area contributed by atoms with E-state index in [-0.39, 0.29) is 17.9 Å². The summed E-state index contributed by atoms with van der Waals surface area (Å²) < 4.78 is 10.6. The number of likely N-dealkylation sites (tertiary alicyclic amines) is 2. The Morgan fingerprint density at radius 3 is 2.92 bits per heavy atom. The van der Waals surface area contributed by atoms with Crippen molar-refractivity contribution in [2.75, 3.05) is 33.4 Å². The number of ether oxygens (including phenoxy) is 1. The van der Waals surface area contributed by atoms with Gasteiger partial charge in [0.05, 0.1) is 13.0 Å². The Bertz CT molecular complexity index is 612. The van der Waals surface area contributed by atoms with Crippen molar-refractivity contribution in [2.45, 2.75) is 45.1 Å². The van der Waals surface area contributed by atoms with E-state index in [1.54, 1.807) is 7.11 Å². The Hall–Kier alpha value is -1.82. The number of amides is 2. The van der Waals surface area contributed by atoms with E-state index < -0.39 is 0 Å². The molecule has 2 amide bonds. The number of methoxy groups -OCH3 is 1. The van der Waals surface area contributed by atoms with Crippen molar-refractivity contribution in [2.24, 2.45) is 5.92 Å². The van der Waals surface area contributed by atoms with E-state index in [0.717, 1.165) is 43.9 Å². The van der Waals surface area contributed by atoms with Crippen LogP contribution in [0, 0.1) is 12.8 Å². The first-order chi connectivity index (χ1) is 12.1. The minimum Gasteiger partial charge on any atom is -0.466 e. The molecule has 0 radical (unpaired) electrons. The zero-order chi connectivity index (χ0) is 17.8. The minimum atomic E-state index is 0.162. The molecule has 0 spiro atoms. The second kappa shape index (κ2) is 8.04. The first-order valence-electron chi connectivity index (χ1n) is 9.20. The molecule has 2 aliphatic rings. The number of carbonyl (C=O) groups is 2. The summed E-state index contributed by atoms with van der Waals surface area (Å²) in [7, 11) is 1.62. The van der Waals surface area contributed by atoms with Crippen molar-refractivity contribution in [1.82, 2.24) is 9.80 Å². The van der Waals surface area contributed by atoms with E-state index in [1.165, 1.54) is 0 Å². The summed E-state index contributed by atoms with van der Waals surface area (Å²) in [5, 5.41) is 0. The lowest BCUT2D eigenvalue weighted by Gasteiger charge is -2.47. The standard InChI is InChI=1S/C19H28N2O4/c1-14-3-5-16(25-14)7-11-21-17-8-10-20(18(22)9-12-24-2)13-15(17)4-6-19(21)23/h3,5,15,17H,4,6-13H2,1-2H3/t15-,17+/m0/s1. The zero-order valence-corrected chi connectivity index (χ0v) is 15.2. The minimum absolute atomic E-state index is 0.162. The molecule has 2 fully saturated rings. The molecular formula is C19H28N2O4. The Morgan fingerprint density at radius 1 is 1.36 bits per heavy atom. The van der Waals surface area contributed by atoms with Crippen LogP contribution in [-0.2, 0) is 20.7 Å². The van der Waals surface area contributed by atoms with Crippen LogP contribution in [0.1, 0.15) is 37.2 Å². The van der Waals surface area contributed by atoms with Crippen molar-refractivity contribution >= 4 is 11.8 Å². The number of furan rings is 1. The molecule has 0 aliphatic carbocycles. The average molecular weight is 348 g/mol. The first-order valence-corrected chi connectivity index (χ1v) is 9.20. The number of rotatable bonds is 6. The maximum Gasteiger partial charge on any atom is 0.224 e. The maximum absolute atomic E-state index is 12.4. The molecule has 2 atom stereocenters. The van der Waals surface area contributed by atoms with Crippen LogP contribution in [0.3, 0.4) is 0 Å². The summed E-state index contributed by atoms with van der Waals surface area (Å²) in [6, 6.07) is 4.20. The van der Waals surface area contributed by atoms with Crippen LogP contribution in [0.4, 0.5) is 0 Å². The summed E-state index contributed by atoms with van der Waals surface area (Å²) in [4.78, 5) is 28.7. The summed E-state index contributed by atoms with van der Waals surface area (Å²) in [5.74, 6) is 2.62. The lowest BCUT2D eigenvalue weighted by molar-refractivity contribution is -0.144. The van der Waals surface area contributed by atoms with Gasteiger partial charge in [0.25, 0.3) is 0 Å². The van der Waals surface area contributed by atoms with Gasteiger partial charge in [0, 0.05) is 45.6 Å². The molecule has 0 unspecified atom stereocenters. The van der Waals surface area contributed by atoms with Crippen LogP contribution in [0.15, 0.2) is 16.5 Å². The third-order valence-electron chi connectivity index (χ3n) is 5.41. The largest absolute Gasteiger partial charge is 0.466 e. The van der Waals surface area contributed by atoms with Gasteiger partial charge in [-0.3, -0.25) is 9.59 Å². The molecule has 1 aromatic rings. The van der Waals surface area contributed by atoms with Gasteiger partial charge in [-0.1, -0.05) is 0 Å². The van der Waals surface area contributed by atoms with Crippen molar-refractivity contribution < 1.29 is 18.7 Å². The van der Waals surface area contributed by atoms with Gasteiger partial charge in [-0.05, 0) is 37.8 Å². The van der Waals surface area contributed by atoms with Gasteiger partial charge < -0.3 is 19.0 Å². The highest BCUT2D eigenvalue weighted by molar-refractivity contribution is 5.78. The molecule has 1 aromatic heterocycles.